The molecule has 8 heteroatoms. The summed E-state index contributed by atoms with van der Waals surface area (Å²) in [6, 6.07) is 14.6. The topological polar surface area (TPSA) is 93.3 Å². The molecular formula is C24H27N5O3. The number of aryl methyl sites for hydroxylation is 2. The molecule has 1 saturated heterocycles. The summed E-state index contributed by atoms with van der Waals surface area (Å²) in [5.41, 5.74) is 5.16. The van der Waals surface area contributed by atoms with E-state index in [1.807, 2.05) is 48.9 Å². The van der Waals surface area contributed by atoms with E-state index in [2.05, 4.69) is 15.3 Å². The van der Waals surface area contributed by atoms with Crippen molar-refractivity contribution in [3.05, 3.63) is 86.7 Å². The molecule has 8 nitrogen and oxygen atoms in total. The number of hydrogen-bond acceptors (Lipinski definition) is 5. The number of nitrogens with one attached hydrogen (secondary N) is 1. The van der Waals surface area contributed by atoms with Crippen LogP contribution >= 0.6 is 0 Å². The van der Waals surface area contributed by atoms with Crippen molar-refractivity contribution in [1.29, 1.82) is 0 Å². The standard InChI is InChI=1S/C24H27N5O3/c1-17-12-18(2)28(26-17)16-20-7-5-6-19(13-20)15-25-24(30)22-14-21(29(31)32)8-9-23(22)27-10-3-4-11-27/h5-9,12-14H,3-4,10-11,15-16H2,1-2H3,(H,25,30). The number of rotatable bonds is 7. The Morgan fingerprint density at radius 3 is 2.53 bits per heavy atom. The van der Waals surface area contributed by atoms with Crippen LogP contribution in [0.2, 0.25) is 0 Å². The van der Waals surface area contributed by atoms with Crippen molar-refractivity contribution in [2.75, 3.05) is 18.0 Å². The van der Waals surface area contributed by atoms with Gasteiger partial charge in [-0.1, -0.05) is 24.3 Å². The van der Waals surface area contributed by atoms with Crippen molar-refractivity contribution in [2.24, 2.45) is 0 Å². The molecule has 2 aromatic carbocycles. The van der Waals surface area contributed by atoms with Crippen molar-refractivity contribution in [1.82, 2.24) is 15.1 Å². The number of nitrogens with zero attached hydrogens (tertiary/aromatic N) is 4. The highest BCUT2D eigenvalue weighted by Crippen LogP contribution is 2.28. The van der Waals surface area contributed by atoms with E-state index in [1.54, 1.807) is 6.07 Å². The Kier molecular flexibility index (Phi) is 6.20. The fourth-order valence-electron chi connectivity index (χ4n) is 4.18. The van der Waals surface area contributed by atoms with Crippen LogP contribution in [-0.2, 0) is 13.1 Å². The molecule has 1 N–H and O–H groups in total. The van der Waals surface area contributed by atoms with Gasteiger partial charge in [0.1, 0.15) is 0 Å². The van der Waals surface area contributed by atoms with Crippen molar-refractivity contribution in [3.63, 3.8) is 0 Å². The predicted molar refractivity (Wildman–Crippen MR) is 123 cm³/mol. The number of nitro benzene ring substituents is 1. The number of benzene rings is 2. The van der Waals surface area contributed by atoms with Crippen LogP contribution in [0.15, 0.2) is 48.5 Å². The first-order valence-corrected chi connectivity index (χ1v) is 10.8. The maximum atomic E-state index is 13.0. The van der Waals surface area contributed by atoms with Crippen LogP contribution in [0.1, 0.15) is 45.7 Å². The third-order valence-corrected chi connectivity index (χ3v) is 5.76. The highest BCUT2D eigenvalue weighted by molar-refractivity contribution is 6.00. The van der Waals surface area contributed by atoms with Gasteiger partial charge in [-0.05, 0) is 49.9 Å². The maximum absolute atomic E-state index is 13.0. The summed E-state index contributed by atoms with van der Waals surface area (Å²) in [5, 5.41) is 18.7. The average Bonchev–Trinajstić information content (AvgIpc) is 3.41. The van der Waals surface area contributed by atoms with Gasteiger partial charge in [0, 0.05) is 37.5 Å². The average molecular weight is 434 g/mol. The van der Waals surface area contributed by atoms with E-state index in [0.29, 0.717) is 18.7 Å². The van der Waals surface area contributed by atoms with Crippen LogP contribution < -0.4 is 10.2 Å². The second-order valence-electron chi connectivity index (χ2n) is 8.24. The first kappa shape index (κ1) is 21.5. The highest BCUT2D eigenvalue weighted by atomic mass is 16.6. The summed E-state index contributed by atoms with van der Waals surface area (Å²) in [5.74, 6) is -0.306. The molecule has 0 aliphatic carbocycles. The van der Waals surface area contributed by atoms with Crippen LogP contribution in [0.4, 0.5) is 11.4 Å². The zero-order valence-corrected chi connectivity index (χ0v) is 18.4. The zero-order valence-electron chi connectivity index (χ0n) is 18.4. The molecule has 0 saturated carbocycles. The lowest BCUT2D eigenvalue weighted by atomic mass is 10.1. The van der Waals surface area contributed by atoms with Gasteiger partial charge < -0.3 is 10.2 Å². The molecule has 1 aromatic heterocycles. The van der Waals surface area contributed by atoms with E-state index in [0.717, 1.165) is 54.1 Å². The number of non-ortho nitro benzene ring substituents is 1. The van der Waals surface area contributed by atoms with Crippen LogP contribution in [0.25, 0.3) is 0 Å². The first-order valence-electron chi connectivity index (χ1n) is 10.8. The molecule has 4 rings (SSSR count). The van der Waals surface area contributed by atoms with E-state index in [4.69, 9.17) is 0 Å². The summed E-state index contributed by atoms with van der Waals surface area (Å²) in [6.45, 7) is 6.71. The number of carbonyl (C=O) groups is 1. The Morgan fingerprint density at radius 1 is 1.09 bits per heavy atom. The monoisotopic (exact) mass is 433 g/mol. The molecule has 1 aliphatic heterocycles. The minimum atomic E-state index is -0.465. The summed E-state index contributed by atoms with van der Waals surface area (Å²) in [6.07, 6.45) is 2.11. The molecule has 0 unspecified atom stereocenters. The first-order chi connectivity index (χ1) is 15.4. The van der Waals surface area contributed by atoms with Gasteiger partial charge in [-0.2, -0.15) is 5.10 Å². The molecule has 1 amide bonds. The van der Waals surface area contributed by atoms with Gasteiger partial charge >= 0.3 is 0 Å². The van der Waals surface area contributed by atoms with Gasteiger partial charge in [0.25, 0.3) is 11.6 Å². The summed E-state index contributed by atoms with van der Waals surface area (Å²) < 4.78 is 1.96. The minimum absolute atomic E-state index is 0.0787. The Bertz CT molecular complexity index is 1150. The number of anilines is 1. The normalized spacial score (nSPS) is 13.4. The predicted octanol–water partition coefficient (Wildman–Crippen LogP) is 3.99. The summed E-state index contributed by atoms with van der Waals surface area (Å²) in [7, 11) is 0. The smallest absolute Gasteiger partial charge is 0.270 e. The van der Waals surface area contributed by atoms with Crippen LogP contribution in [-0.4, -0.2) is 33.7 Å². The van der Waals surface area contributed by atoms with Crippen molar-refractivity contribution in [3.8, 4) is 0 Å². The second kappa shape index (κ2) is 9.21. The molecule has 1 aliphatic rings. The van der Waals surface area contributed by atoms with Gasteiger partial charge in [0.15, 0.2) is 0 Å². The Balaban J connectivity index is 1.49. The minimum Gasteiger partial charge on any atom is -0.371 e. The van der Waals surface area contributed by atoms with E-state index >= 15 is 0 Å². The lowest BCUT2D eigenvalue weighted by molar-refractivity contribution is -0.384. The van der Waals surface area contributed by atoms with Crippen LogP contribution in [0.3, 0.4) is 0 Å². The van der Waals surface area contributed by atoms with Crippen molar-refractivity contribution >= 4 is 17.3 Å². The van der Waals surface area contributed by atoms with Gasteiger partial charge in [0.05, 0.1) is 28.4 Å². The third kappa shape index (κ3) is 4.80. The fourth-order valence-corrected chi connectivity index (χ4v) is 4.18. The Morgan fingerprint density at radius 2 is 1.84 bits per heavy atom. The molecule has 32 heavy (non-hydrogen) atoms. The van der Waals surface area contributed by atoms with Gasteiger partial charge in [-0.15, -0.1) is 0 Å². The van der Waals surface area contributed by atoms with E-state index < -0.39 is 4.92 Å². The molecule has 1 fully saturated rings. The van der Waals surface area contributed by atoms with E-state index in [1.165, 1.54) is 12.1 Å². The number of hydrogen-bond donors (Lipinski definition) is 1. The molecule has 0 radical (unpaired) electrons. The second-order valence-corrected chi connectivity index (χ2v) is 8.24. The van der Waals surface area contributed by atoms with Crippen molar-refractivity contribution < 1.29 is 9.72 Å². The third-order valence-electron chi connectivity index (χ3n) is 5.76. The fraction of sp³-hybridized carbons (Fsp3) is 0.333. The highest BCUT2D eigenvalue weighted by Gasteiger charge is 2.22. The van der Waals surface area contributed by atoms with E-state index in [9.17, 15) is 14.9 Å². The molecule has 0 bridgehead atoms. The summed E-state index contributed by atoms with van der Waals surface area (Å²) in [4.78, 5) is 25.9. The maximum Gasteiger partial charge on any atom is 0.270 e. The van der Waals surface area contributed by atoms with Gasteiger partial charge in [0.2, 0.25) is 0 Å². The number of nitro groups is 1. The number of carbonyl (C=O) groups excluding carboxylic acids is 1. The Hall–Kier alpha value is -3.68. The quantitative estimate of drug-likeness (QED) is 0.449. The van der Waals surface area contributed by atoms with E-state index in [-0.39, 0.29) is 11.6 Å². The number of amides is 1. The van der Waals surface area contributed by atoms with Gasteiger partial charge in [-0.25, -0.2) is 0 Å². The Labute approximate surface area is 187 Å². The molecule has 2 heterocycles. The molecule has 0 spiro atoms. The lowest BCUT2D eigenvalue weighted by Crippen LogP contribution is -2.27. The lowest BCUT2D eigenvalue weighted by Gasteiger charge is -2.21. The van der Waals surface area contributed by atoms with Crippen LogP contribution in [0, 0.1) is 24.0 Å². The molecule has 0 atom stereocenters. The molecule has 166 valence electrons. The largest absolute Gasteiger partial charge is 0.371 e. The number of aromatic nitrogens is 2. The SMILES string of the molecule is Cc1cc(C)n(Cc2cccc(CNC(=O)c3cc([N+](=O)[O-])ccc3N3CCCC3)c2)n1. The summed E-state index contributed by atoms with van der Waals surface area (Å²) >= 11 is 0. The zero-order chi connectivity index (χ0) is 22.7. The molecular weight excluding hydrogens is 406 g/mol. The molecule has 3 aromatic rings. The van der Waals surface area contributed by atoms with Crippen LogP contribution in [0.5, 0.6) is 0 Å². The van der Waals surface area contributed by atoms with Crippen molar-refractivity contribution in [2.45, 2.75) is 39.8 Å². The van der Waals surface area contributed by atoms with Gasteiger partial charge in [-0.3, -0.25) is 19.6 Å².